The summed E-state index contributed by atoms with van der Waals surface area (Å²) in [5, 5.41) is 22.0. The van der Waals surface area contributed by atoms with Gasteiger partial charge in [0.2, 0.25) is 0 Å². The number of carbonyl (C=O) groups is 1. The molecular formula is C12H9FN2O5. The zero-order valence-corrected chi connectivity index (χ0v) is 10.00. The van der Waals surface area contributed by atoms with Gasteiger partial charge in [-0.3, -0.25) is 10.1 Å². The molecule has 0 saturated carbocycles. The van der Waals surface area contributed by atoms with Gasteiger partial charge >= 0.3 is 5.97 Å². The number of nitro benzene ring substituents is 1. The number of hydrogen-bond acceptors (Lipinski definition) is 5. The predicted octanol–water partition coefficient (Wildman–Crippen LogP) is 2.64. The quantitative estimate of drug-likeness (QED) is 0.644. The van der Waals surface area contributed by atoms with Crippen LogP contribution in [-0.4, -0.2) is 16.0 Å². The van der Waals surface area contributed by atoms with Crippen molar-refractivity contribution < 1.29 is 23.6 Å². The fourth-order valence-corrected chi connectivity index (χ4v) is 1.56. The minimum atomic E-state index is -1.12. The number of halogens is 1. The average molecular weight is 280 g/mol. The van der Waals surface area contributed by atoms with Gasteiger partial charge in [-0.05, 0) is 12.1 Å². The van der Waals surface area contributed by atoms with Gasteiger partial charge in [-0.15, -0.1) is 0 Å². The molecular weight excluding hydrogens is 271 g/mol. The molecule has 0 atom stereocenters. The highest BCUT2D eigenvalue weighted by Gasteiger charge is 2.11. The van der Waals surface area contributed by atoms with E-state index in [1.54, 1.807) is 0 Å². The lowest BCUT2D eigenvalue weighted by atomic mass is 10.2. The van der Waals surface area contributed by atoms with Crippen LogP contribution in [0, 0.1) is 15.9 Å². The van der Waals surface area contributed by atoms with Crippen molar-refractivity contribution in [2.75, 3.05) is 5.32 Å². The molecule has 0 saturated heterocycles. The first-order chi connectivity index (χ1) is 9.45. The fourth-order valence-electron chi connectivity index (χ4n) is 1.56. The summed E-state index contributed by atoms with van der Waals surface area (Å²) in [6, 6.07) is 4.38. The third-order valence-electron chi connectivity index (χ3n) is 2.46. The van der Waals surface area contributed by atoms with Crippen molar-refractivity contribution in [3.05, 3.63) is 57.8 Å². The second kappa shape index (κ2) is 5.39. The monoisotopic (exact) mass is 280 g/mol. The zero-order chi connectivity index (χ0) is 14.7. The molecule has 0 unspecified atom stereocenters. The Morgan fingerprint density at radius 2 is 2.15 bits per heavy atom. The lowest BCUT2D eigenvalue weighted by molar-refractivity contribution is -0.385. The molecule has 2 rings (SSSR count). The smallest absolute Gasteiger partial charge is 0.338 e. The number of anilines is 1. The first kappa shape index (κ1) is 13.5. The molecule has 104 valence electrons. The van der Waals surface area contributed by atoms with Gasteiger partial charge in [-0.2, -0.15) is 0 Å². The SMILES string of the molecule is O=C(O)c1coc(CNc2cc(F)cc([N+](=O)[O-])c2)c1. The highest BCUT2D eigenvalue weighted by molar-refractivity contribution is 5.87. The van der Waals surface area contributed by atoms with E-state index < -0.39 is 16.7 Å². The Hall–Kier alpha value is -2.90. The van der Waals surface area contributed by atoms with Crippen LogP contribution >= 0.6 is 0 Å². The molecule has 20 heavy (non-hydrogen) atoms. The van der Waals surface area contributed by atoms with Gasteiger partial charge in [0.1, 0.15) is 17.8 Å². The van der Waals surface area contributed by atoms with Gasteiger partial charge in [0, 0.05) is 11.8 Å². The largest absolute Gasteiger partial charge is 0.478 e. The highest BCUT2D eigenvalue weighted by atomic mass is 19.1. The third-order valence-corrected chi connectivity index (χ3v) is 2.46. The number of rotatable bonds is 5. The van der Waals surface area contributed by atoms with Crippen LogP contribution < -0.4 is 5.32 Å². The lowest BCUT2D eigenvalue weighted by Crippen LogP contribution is -2.00. The Kier molecular flexibility index (Phi) is 3.65. The molecule has 0 spiro atoms. The van der Waals surface area contributed by atoms with Crippen LogP contribution in [0.1, 0.15) is 16.1 Å². The van der Waals surface area contributed by atoms with Crippen molar-refractivity contribution in [2.24, 2.45) is 0 Å². The van der Waals surface area contributed by atoms with Crippen LogP contribution in [0.3, 0.4) is 0 Å². The summed E-state index contributed by atoms with van der Waals surface area (Å²) >= 11 is 0. The van der Waals surface area contributed by atoms with E-state index in [1.807, 2.05) is 0 Å². The van der Waals surface area contributed by atoms with E-state index in [-0.39, 0.29) is 23.5 Å². The Balaban J connectivity index is 2.10. The van der Waals surface area contributed by atoms with Crippen LogP contribution in [0.25, 0.3) is 0 Å². The van der Waals surface area contributed by atoms with Crippen molar-refractivity contribution in [3.63, 3.8) is 0 Å². The van der Waals surface area contributed by atoms with E-state index in [9.17, 15) is 19.3 Å². The third kappa shape index (κ3) is 3.10. The number of nitro groups is 1. The first-order valence-electron chi connectivity index (χ1n) is 5.45. The number of carboxylic acids is 1. The lowest BCUT2D eigenvalue weighted by Gasteiger charge is -2.04. The van der Waals surface area contributed by atoms with Gasteiger partial charge in [0.15, 0.2) is 0 Å². The number of aromatic carboxylic acids is 1. The average Bonchev–Trinajstić information content (AvgIpc) is 2.84. The predicted molar refractivity (Wildman–Crippen MR) is 66.0 cm³/mol. The molecule has 2 N–H and O–H groups in total. The molecule has 0 fully saturated rings. The molecule has 1 aromatic carbocycles. The summed E-state index contributed by atoms with van der Waals surface area (Å²) in [5.41, 5.74) is -0.185. The van der Waals surface area contributed by atoms with Crippen LogP contribution in [0.2, 0.25) is 0 Å². The van der Waals surface area contributed by atoms with Crippen molar-refractivity contribution in [2.45, 2.75) is 6.54 Å². The Morgan fingerprint density at radius 3 is 2.75 bits per heavy atom. The number of non-ortho nitro benzene ring substituents is 1. The topological polar surface area (TPSA) is 106 Å². The summed E-state index contributed by atoms with van der Waals surface area (Å²) < 4.78 is 18.2. The Labute approximate surface area is 111 Å². The zero-order valence-electron chi connectivity index (χ0n) is 10.00. The molecule has 8 heteroatoms. The highest BCUT2D eigenvalue weighted by Crippen LogP contribution is 2.20. The standard InChI is InChI=1S/C12H9FN2O5/c13-8-2-9(4-10(3-8)15(18)19)14-5-11-1-7(6-20-11)12(16)17/h1-4,6,14H,5H2,(H,16,17). The minimum absolute atomic E-state index is 0.00739. The van der Waals surface area contributed by atoms with Crippen LogP contribution in [0.4, 0.5) is 15.8 Å². The molecule has 0 radical (unpaired) electrons. The number of hydrogen-bond donors (Lipinski definition) is 2. The molecule has 0 aliphatic rings. The molecule has 7 nitrogen and oxygen atoms in total. The number of carboxylic acid groups (broad SMARTS) is 1. The summed E-state index contributed by atoms with van der Waals surface area (Å²) in [4.78, 5) is 20.5. The van der Waals surface area contributed by atoms with E-state index in [4.69, 9.17) is 9.52 Å². The van der Waals surface area contributed by atoms with Crippen LogP contribution in [0.15, 0.2) is 34.9 Å². The van der Waals surface area contributed by atoms with Gasteiger partial charge in [0.25, 0.3) is 5.69 Å². The summed E-state index contributed by atoms with van der Waals surface area (Å²) in [6.07, 6.45) is 1.08. The molecule has 0 amide bonds. The van der Waals surface area contributed by atoms with Crippen LogP contribution in [0.5, 0.6) is 0 Å². The minimum Gasteiger partial charge on any atom is -0.478 e. The summed E-state index contributed by atoms with van der Waals surface area (Å²) in [5.74, 6) is -1.55. The van der Waals surface area contributed by atoms with Gasteiger partial charge in [-0.1, -0.05) is 0 Å². The number of nitrogens with zero attached hydrogens (tertiary/aromatic N) is 1. The fraction of sp³-hybridized carbons (Fsp3) is 0.0833. The maximum Gasteiger partial charge on any atom is 0.338 e. The van der Waals surface area contributed by atoms with E-state index in [2.05, 4.69) is 5.32 Å². The van der Waals surface area contributed by atoms with E-state index in [0.717, 1.165) is 18.4 Å². The maximum absolute atomic E-state index is 13.2. The van der Waals surface area contributed by atoms with Crippen molar-refractivity contribution in [1.82, 2.24) is 0 Å². The van der Waals surface area contributed by atoms with E-state index in [1.165, 1.54) is 12.1 Å². The molecule has 0 bridgehead atoms. The Bertz CT molecular complexity index is 668. The molecule has 1 aromatic heterocycles. The number of furan rings is 1. The summed E-state index contributed by atoms with van der Waals surface area (Å²) in [6.45, 7) is 0.0773. The molecule has 1 heterocycles. The molecule has 0 aliphatic heterocycles. The van der Waals surface area contributed by atoms with Crippen LogP contribution in [-0.2, 0) is 6.54 Å². The van der Waals surface area contributed by atoms with Gasteiger partial charge in [-0.25, -0.2) is 9.18 Å². The Morgan fingerprint density at radius 1 is 1.40 bits per heavy atom. The second-order valence-corrected chi connectivity index (χ2v) is 3.92. The normalized spacial score (nSPS) is 10.2. The first-order valence-corrected chi connectivity index (χ1v) is 5.45. The van der Waals surface area contributed by atoms with Crippen molar-refractivity contribution in [3.8, 4) is 0 Å². The summed E-state index contributed by atoms with van der Waals surface area (Å²) in [7, 11) is 0. The van der Waals surface area contributed by atoms with E-state index >= 15 is 0 Å². The molecule has 0 aliphatic carbocycles. The van der Waals surface area contributed by atoms with Gasteiger partial charge in [0.05, 0.1) is 23.1 Å². The van der Waals surface area contributed by atoms with Crippen molar-refractivity contribution in [1.29, 1.82) is 0 Å². The second-order valence-electron chi connectivity index (χ2n) is 3.92. The number of benzene rings is 1. The number of nitrogens with one attached hydrogen (secondary N) is 1. The maximum atomic E-state index is 13.2. The van der Waals surface area contributed by atoms with E-state index in [0.29, 0.717) is 5.76 Å². The molecule has 2 aromatic rings. The van der Waals surface area contributed by atoms with Crippen molar-refractivity contribution >= 4 is 17.3 Å². The van der Waals surface area contributed by atoms with Gasteiger partial charge < -0.3 is 14.8 Å².